The molecule has 4 nitrogen and oxygen atoms in total. The summed E-state index contributed by atoms with van der Waals surface area (Å²) in [4.78, 5) is 11.5. The minimum Gasteiger partial charge on any atom is -0.488 e. The molecule has 86 valence electrons. The second kappa shape index (κ2) is 3.70. The van der Waals surface area contributed by atoms with E-state index >= 15 is 0 Å². The molecule has 1 aliphatic rings. The molecule has 1 unspecified atom stereocenters. The summed E-state index contributed by atoms with van der Waals surface area (Å²) in [6, 6.07) is 1.76. The summed E-state index contributed by atoms with van der Waals surface area (Å²) in [6.45, 7) is 5.79. The molecule has 4 heteroatoms. The molecule has 1 aromatic carbocycles. The van der Waals surface area contributed by atoms with Crippen LogP contribution < -0.4 is 15.8 Å². The average molecular weight is 220 g/mol. The highest BCUT2D eigenvalue weighted by Crippen LogP contribution is 2.37. The lowest BCUT2D eigenvalue weighted by Gasteiger charge is -2.16. The van der Waals surface area contributed by atoms with Crippen LogP contribution in [0.3, 0.4) is 0 Å². The molecule has 1 heterocycles. The van der Waals surface area contributed by atoms with Crippen molar-refractivity contribution in [3.63, 3.8) is 0 Å². The fourth-order valence-electron chi connectivity index (χ4n) is 1.87. The maximum absolute atomic E-state index is 11.5. The molecular formula is C12H16N2O2. The molecule has 0 aromatic heterocycles. The summed E-state index contributed by atoms with van der Waals surface area (Å²) >= 11 is 0. The highest BCUT2D eigenvalue weighted by molar-refractivity contribution is 5.94. The van der Waals surface area contributed by atoms with Crippen molar-refractivity contribution in [2.45, 2.75) is 33.3 Å². The molecule has 0 saturated heterocycles. The van der Waals surface area contributed by atoms with E-state index in [1.54, 1.807) is 6.07 Å². The van der Waals surface area contributed by atoms with Gasteiger partial charge in [0, 0.05) is 5.69 Å². The zero-order valence-corrected chi connectivity index (χ0v) is 9.76. The molecule has 0 saturated carbocycles. The van der Waals surface area contributed by atoms with Crippen LogP contribution >= 0.6 is 0 Å². The molecule has 2 rings (SSSR count). The molecule has 0 aliphatic carbocycles. The molecule has 0 radical (unpaired) electrons. The maximum Gasteiger partial charge on any atom is 0.228 e. The first-order valence-electron chi connectivity index (χ1n) is 5.35. The minimum absolute atomic E-state index is 0.0334. The fourth-order valence-corrected chi connectivity index (χ4v) is 1.87. The molecule has 1 amide bonds. The normalized spacial score (nSPS) is 19.4. The summed E-state index contributed by atoms with van der Waals surface area (Å²) in [5.41, 5.74) is 9.21. The maximum atomic E-state index is 11.5. The van der Waals surface area contributed by atoms with Crippen molar-refractivity contribution in [2.24, 2.45) is 0 Å². The summed E-state index contributed by atoms with van der Waals surface area (Å²) in [5, 5.41) is 2.82. The second-order valence-corrected chi connectivity index (χ2v) is 4.27. The van der Waals surface area contributed by atoms with Gasteiger partial charge in [-0.25, -0.2) is 0 Å². The van der Waals surface area contributed by atoms with E-state index in [2.05, 4.69) is 5.32 Å². The van der Waals surface area contributed by atoms with Crippen molar-refractivity contribution in [1.29, 1.82) is 0 Å². The number of nitrogen functional groups attached to an aromatic ring is 1. The number of nitrogens with two attached hydrogens (primary N) is 1. The van der Waals surface area contributed by atoms with E-state index in [0.29, 0.717) is 17.8 Å². The smallest absolute Gasteiger partial charge is 0.228 e. The van der Waals surface area contributed by atoms with Gasteiger partial charge in [0.2, 0.25) is 5.91 Å². The molecule has 1 aromatic rings. The third-order valence-corrected chi connectivity index (χ3v) is 2.95. The lowest BCUT2D eigenvalue weighted by atomic mass is 10.1. The molecule has 16 heavy (non-hydrogen) atoms. The number of carbonyl (C=O) groups excluding carboxylic acids is 1. The highest BCUT2D eigenvalue weighted by Gasteiger charge is 2.22. The van der Waals surface area contributed by atoms with E-state index in [9.17, 15) is 4.79 Å². The number of ether oxygens (including phenoxy) is 1. The summed E-state index contributed by atoms with van der Waals surface area (Å²) in [5.74, 6) is 0.707. The van der Waals surface area contributed by atoms with Crippen LogP contribution in [0.15, 0.2) is 6.07 Å². The highest BCUT2D eigenvalue weighted by atomic mass is 16.5. The van der Waals surface area contributed by atoms with Crippen LogP contribution in [0.2, 0.25) is 0 Å². The SMILES string of the molecule is Cc1c(N)cc2c(c1C)OC(C)CC(=O)N2. The standard InChI is InChI=1S/C12H16N2O2/c1-6-4-11(15)14-10-5-9(13)7(2)8(3)12(10)16-6/h5-6H,4,13H2,1-3H3,(H,14,15). The van der Waals surface area contributed by atoms with Gasteiger partial charge in [-0.3, -0.25) is 4.79 Å². The number of amides is 1. The average Bonchev–Trinajstić information content (AvgIpc) is 2.33. The number of carbonyl (C=O) groups is 1. The van der Waals surface area contributed by atoms with Crippen molar-refractivity contribution in [2.75, 3.05) is 11.1 Å². The first-order valence-corrected chi connectivity index (χ1v) is 5.35. The van der Waals surface area contributed by atoms with E-state index in [1.807, 2.05) is 20.8 Å². The Morgan fingerprint density at radius 3 is 2.81 bits per heavy atom. The number of rotatable bonds is 0. The van der Waals surface area contributed by atoms with Crippen molar-refractivity contribution >= 4 is 17.3 Å². The number of nitrogens with one attached hydrogen (secondary N) is 1. The van der Waals surface area contributed by atoms with Crippen LogP contribution in [0.5, 0.6) is 5.75 Å². The predicted molar refractivity (Wildman–Crippen MR) is 63.7 cm³/mol. The van der Waals surface area contributed by atoms with Crippen LogP contribution in [0.1, 0.15) is 24.5 Å². The van der Waals surface area contributed by atoms with Gasteiger partial charge < -0.3 is 15.8 Å². The topological polar surface area (TPSA) is 64.3 Å². The third-order valence-electron chi connectivity index (χ3n) is 2.95. The monoisotopic (exact) mass is 220 g/mol. The predicted octanol–water partition coefficient (Wildman–Crippen LogP) is 2.00. The van der Waals surface area contributed by atoms with Crippen molar-refractivity contribution < 1.29 is 9.53 Å². The Morgan fingerprint density at radius 2 is 2.12 bits per heavy atom. The quantitative estimate of drug-likeness (QED) is 0.657. The van der Waals surface area contributed by atoms with E-state index in [4.69, 9.17) is 10.5 Å². The fraction of sp³-hybridized carbons (Fsp3) is 0.417. The number of benzene rings is 1. The van der Waals surface area contributed by atoms with Crippen LogP contribution in [0, 0.1) is 13.8 Å². The Morgan fingerprint density at radius 1 is 1.44 bits per heavy atom. The van der Waals surface area contributed by atoms with Gasteiger partial charge >= 0.3 is 0 Å². The second-order valence-electron chi connectivity index (χ2n) is 4.27. The van der Waals surface area contributed by atoms with Gasteiger partial charge in [-0.05, 0) is 38.0 Å². The van der Waals surface area contributed by atoms with Crippen molar-refractivity contribution in [3.8, 4) is 5.75 Å². The zero-order chi connectivity index (χ0) is 11.9. The number of hydrogen-bond donors (Lipinski definition) is 2. The largest absolute Gasteiger partial charge is 0.488 e. The van der Waals surface area contributed by atoms with Gasteiger partial charge in [-0.2, -0.15) is 0 Å². The first-order chi connectivity index (χ1) is 7.49. The minimum atomic E-state index is -0.108. The summed E-state index contributed by atoms with van der Waals surface area (Å²) < 4.78 is 5.75. The van der Waals surface area contributed by atoms with Crippen molar-refractivity contribution in [1.82, 2.24) is 0 Å². The molecule has 0 fully saturated rings. The van der Waals surface area contributed by atoms with E-state index in [-0.39, 0.29) is 12.0 Å². The van der Waals surface area contributed by atoms with E-state index in [0.717, 1.165) is 16.9 Å². The Labute approximate surface area is 94.8 Å². The van der Waals surface area contributed by atoms with Crippen LogP contribution in [0.25, 0.3) is 0 Å². The number of anilines is 2. The van der Waals surface area contributed by atoms with Gasteiger partial charge in [0.15, 0.2) is 0 Å². The molecular weight excluding hydrogens is 204 g/mol. The molecule has 1 aliphatic heterocycles. The van der Waals surface area contributed by atoms with E-state index in [1.165, 1.54) is 0 Å². The van der Waals surface area contributed by atoms with E-state index < -0.39 is 0 Å². The molecule has 0 bridgehead atoms. The summed E-state index contributed by atoms with van der Waals surface area (Å²) in [6.07, 6.45) is 0.260. The van der Waals surface area contributed by atoms with Crippen LogP contribution in [-0.4, -0.2) is 12.0 Å². The van der Waals surface area contributed by atoms with Crippen LogP contribution in [-0.2, 0) is 4.79 Å². The molecule has 0 spiro atoms. The number of hydrogen-bond acceptors (Lipinski definition) is 3. The molecule has 3 N–H and O–H groups in total. The number of fused-ring (bicyclic) bond motifs is 1. The van der Waals surface area contributed by atoms with Crippen molar-refractivity contribution in [3.05, 3.63) is 17.2 Å². The Hall–Kier alpha value is -1.71. The Bertz CT molecular complexity index is 455. The first kappa shape index (κ1) is 10.8. The summed E-state index contributed by atoms with van der Waals surface area (Å²) in [7, 11) is 0. The Kier molecular flexibility index (Phi) is 2.50. The lowest BCUT2D eigenvalue weighted by molar-refractivity contribution is -0.117. The molecule has 1 atom stereocenters. The van der Waals surface area contributed by atoms with Gasteiger partial charge in [0.05, 0.1) is 12.1 Å². The van der Waals surface area contributed by atoms with Gasteiger partial charge in [0.25, 0.3) is 0 Å². The third kappa shape index (κ3) is 1.71. The van der Waals surface area contributed by atoms with Gasteiger partial charge in [-0.15, -0.1) is 0 Å². The lowest BCUT2D eigenvalue weighted by Crippen LogP contribution is -2.17. The van der Waals surface area contributed by atoms with Gasteiger partial charge in [-0.1, -0.05) is 0 Å². The van der Waals surface area contributed by atoms with Crippen LogP contribution in [0.4, 0.5) is 11.4 Å². The zero-order valence-electron chi connectivity index (χ0n) is 9.76. The Balaban J connectivity index is 2.57. The van der Waals surface area contributed by atoms with Gasteiger partial charge in [0.1, 0.15) is 11.9 Å².